The summed E-state index contributed by atoms with van der Waals surface area (Å²) in [6, 6.07) is 11.3. The molecule has 0 amide bonds. The van der Waals surface area contributed by atoms with E-state index in [0.29, 0.717) is 5.56 Å². The molecule has 0 aliphatic heterocycles. The molecule has 0 aliphatic carbocycles. The monoisotopic (exact) mass is 332 g/mol. The van der Waals surface area contributed by atoms with Crippen LogP contribution in [0.1, 0.15) is 15.9 Å². The van der Waals surface area contributed by atoms with Crippen LogP contribution in [-0.4, -0.2) is 24.6 Å². The van der Waals surface area contributed by atoms with Gasteiger partial charge < -0.3 is 10.2 Å². The molecule has 0 aliphatic rings. The quantitative estimate of drug-likeness (QED) is 0.768. The second-order valence-electron chi connectivity index (χ2n) is 4.59. The van der Waals surface area contributed by atoms with Crippen molar-refractivity contribution in [1.29, 1.82) is 5.26 Å². The van der Waals surface area contributed by atoms with Crippen LogP contribution in [-0.2, 0) is 16.4 Å². The Labute approximate surface area is 132 Å². The molecular weight excluding hydrogens is 320 g/mol. The first-order chi connectivity index (χ1) is 10.8. The Balaban J connectivity index is 2.38. The molecule has 0 bridgehead atoms. The van der Waals surface area contributed by atoms with Crippen LogP contribution >= 0.6 is 0 Å². The lowest BCUT2D eigenvalue weighted by atomic mass is 10.2. The van der Waals surface area contributed by atoms with Crippen LogP contribution in [0, 0.1) is 11.3 Å². The molecule has 0 radical (unpaired) electrons. The molecule has 0 saturated carbocycles. The number of carboxylic acid groups (broad SMARTS) is 1. The molecular formula is C15H12N2O5S. The second kappa shape index (κ2) is 6.37. The molecule has 118 valence electrons. The highest BCUT2D eigenvalue weighted by Gasteiger charge is 2.19. The number of sulfonamides is 1. The van der Waals surface area contributed by atoms with Crippen LogP contribution in [0.5, 0.6) is 5.75 Å². The van der Waals surface area contributed by atoms with Crippen LogP contribution in [0.15, 0.2) is 47.4 Å². The summed E-state index contributed by atoms with van der Waals surface area (Å²) in [5.74, 6) is -1.88. The third-order valence-corrected chi connectivity index (χ3v) is 4.49. The van der Waals surface area contributed by atoms with Gasteiger partial charge in [0.25, 0.3) is 10.0 Å². The first-order valence-electron chi connectivity index (χ1n) is 6.39. The second-order valence-corrected chi connectivity index (χ2v) is 6.24. The number of nitrogens with one attached hydrogen (secondary N) is 1. The predicted molar refractivity (Wildman–Crippen MR) is 81.6 cm³/mol. The van der Waals surface area contributed by atoms with E-state index in [-0.39, 0.29) is 22.6 Å². The molecule has 2 aromatic rings. The lowest BCUT2D eigenvalue weighted by Crippen LogP contribution is -2.15. The van der Waals surface area contributed by atoms with Crippen molar-refractivity contribution in [3.8, 4) is 11.8 Å². The minimum atomic E-state index is -3.98. The van der Waals surface area contributed by atoms with E-state index in [2.05, 4.69) is 4.72 Å². The summed E-state index contributed by atoms with van der Waals surface area (Å²) < 4.78 is 27.1. The number of benzene rings is 2. The van der Waals surface area contributed by atoms with Crippen LogP contribution < -0.4 is 4.72 Å². The summed E-state index contributed by atoms with van der Waals surface area (Å²) in [5, 5.41) is 27.2. The first kappa shape index (κ1) is 16.3. The standard InChI is InChI=1S/C15H12N2O5S/c16-8-7-10-3-1-2-4-14(10)23(21,22)17-11-5-6-12(15(19)20)13(18)9-11/h1-6,9,17-18H,7H2,(H,19,20). The van der Waals surface area contributed by atoms with Crippen LogP contribution in [0.25, 0.3) is 0 Å². The molecule has 0 heterocycles. The number of phenols is 1. The Bertz CT molecular complexity index is 900. The number of rotatable bonds is 5. The number of carboxylic acids is 1. The number of hydrogen-bond donors (Lipinski definition) is 3. The number of anilines is 1. The van der Waals surface area contributed by atoms with Crippen molar-refractivity contribution in [3.63, 3.8) is 0 Å². The summed E-state index contributed by atoms with van der Waals surface area (Å²) in [5.41, 5.74) is 0.0194. The average Bonchev–Trinajstić information content (AvgIpc) is 2.47. The normalized spacial score (nSPS) is 10.7. The zero-order valence-corrected chi connectivity index (χ0v) is 12.5. The Morgan fingerprint density at radius 1 is 1.22 bits per heavy atom. The third kappa shape index (κ3) is 3.59. The maximum atomic E-state index is 12.4. The fraction of sp³-hybridized carbons (Fsp3) is 0.0667. The Morgan fingerprint density at radius 2 is 1.91 bits per heavy atom. The molecule has 0 unspecified atom stereocenters. The summed E-state index contributed by atoms with van der Waals surface area (Å²) >= 11 is 0. The number of aromatic hydroxyl groups is 1. The summed E-state index contributed by atoms with van der Waals surface area (Å²) in [6.07, 6.45) is -0.0692. The number of nitriles is 1. The summed E-state index contributed by atoms with van der Waals surface area (Å²) in [4.78, 5) is 10.8. The minimum Gasteiger partial charge on any atom is -0.507 e. The molecule has 0 spiro atoms. The van der Waals surface area contributed by atoms with Gasteiger partial charge in [-0.05, 0) is 23.8 Å². The van der Waals surface area contributed by atoms with Gasteiger partial charge in [0.2, 0.25) is 0 Å². The highest BCUT2D eigenvalue weighted by Crippen LogP contribution is 2.25. The largest absolute Gasteiger partial charge is 0.507 e. The lowest BCUT2D eigenvalue weighted by molar-refractivity contribution is 0.0694. The van der Waals surface area contributed by atoms with E-state index in [1.807, 2.05) is 6.07 Å². The Hall–Kier alpha value is -3.05. The topological polar surface area (TPSA) is 127 Å². The van der Waals surface area contributed by atoms with Gasteiger partial charge in [-0.1, -0.05) is 18.2 Å². The SMILES string of the molecule is N#CCc1ccccc1S(=O)(=O)Nc1ccc(C(=O)O)c(O)c1. The molecule has 0 aromatic heterocycles. The number of nitrogens with zero attached hydrogens (tertiary/aromatic N) is 1. The zero-order valence-electron chi connectivity index (χ0n) is 11.7. The zero-order chi connectivity index (χ0) is 17.0. The van der Waals surface area contributed by atoms with E-state index in [1.54, 1.807) is 6.07 Å². The Morgan fingerprint density at radius 3 is 2.52 bits per heavy atom. The van der Waals surface area contributed by atoms with E-state index in [9.17, 15) is 18.3 Å². The number of carbonyl (C=O) groups is 1. The molecule has 23 heavy (non-hydrogen) atoms. The Kier molecular flexibility index (Phi) is 4.52. The molecule has 0 fully saturated rings. The predicted octanol–water partition coefficient (Wildman–Crippen LogP) is 1.96. The van der Waals surface area contributed by atoms with Crippen molar-refractivity contribution in [2.75, 3.05) is 4.72 Å². The number of hydrogen-bond acceptors (Lipinski definition) is 5. The van der Waals surface area contributed by atoms with Gasteiger partial charge in [0, 0.05) is 6.07 Å². The van der Waals surface area contributed by atoms with Crippen molar-refractivity contribution in [2.45, 2.75) is 11.3 Å². The molecule has 0 saturated heterocycles. The lowest BCUT2D eigenvalue weighted by Gasteiger charge is -2.11. The molecule has 7 nitrogen and oxygen atoms in total. The third-order valence-electron chi connectivity index (χ3n) is 3.01. The van der Waals surface area contributed by atoms with Gasteiger partial charge in [0.05, 0.1) is 23.1 Å². The van der Waals surface area contributed by atoms with Gasteiger partial charge in [0.1, 0.15) is 11.3 Å². The van der Waals surface area contributed by atoms with Crippen molar-refractivity contribution in [1.82, 2.24) is 0 Å². The van der Waals surface area contributed by atoms with E-state index in [4.69, 9.17) is 10.4 Å². The van der Waals surface area contributed by atoms with Gasteiger partial charge in [-0.2, -0.15) is 5.26 Å². The van der Waals surface area contributed by atoms with Gasteiger partial charge in [-0.15, -0.1) is 0 Å². The van der Waals surface area contributed by atoms with Crippen LogP contribution in [0.3, 0.4) is 0 Å². The number of aromatic carboxylic acids is 1. The van der Waals surface area contributed by atoms with Crippen molar-refractivity contribution >= 4 is 21.7 Å². The average molecular weight is 332 g/mol. The smallest absolute Gasteiger partial charge is 0.339 e. The maximum absolute atomic E-state index is 12.4. The molecule has 8 heteroatoms. The highest BCUT2D eigenvalue weighted by molar-refractivity contribution is 7.92. The van der Waals surface area contributed by atoms with Gasteiger partial charge in [-0.3, -0.25) is 4.72 Å². The van der Waals surface area contributed by atoms with E-state index < -0.39 is 21.7 Å². The van der Waals surface area contributed by atoms with Gasteiger partial charge in [-0.25, -0.2) is 13.2 Å². The van der Waals surface area contributed by atoms with Crippen molar-refractivity contribution in [3.05, 3.63) is 53.6 Å². The molecule has 0 atom stereocenters. The minimum absolute atomic E-state index is 0.0132. The van der Waals surface area contributed by atoms with E-state index >= 15 is 0 Å². The van der Waals surface area contributed by atoms with Gasteiger partial charge in [0.15, 0.2) is 0 Å². The maximum Gasteiger partial charge on any atom is 0.339 e. The summed E-state index contributed by atoms with van der Waals surface area (Å²) in [6.45, 7) is 0. The summed E-state index contributed by atoms with van der Waals surface area (Å²) in [7, 11) is -3.98. The molecule has 3 N–H and O–H groups in total. The van der Waals surface area contributed by atoms with Gasteiger partial charge >= 0.3 is 5.97 Å². The molecule has 2 rings (SSSR count). The van der Waals surface area contributed by atoms with Crippen LogP contribution in [0.2, 0.25) is 0 Å². The molecule has 2 aromatic carbocycles. The fourth-order valence-electron chi connectivity index (χ4n) is 1.98. The first-order valence-corrected chi connectivity index (χ1v) is 7.87. The van der Waals surface area contributed by atoms with E-state index in [1.165, 1.54) is 24.3 Å². The highest BCUT2D eigenvalue weighted by atomic mass is 32.2. The van der Waals surface area contributed by atoms with Crippen molar-refractivity contribution in [2.24, 2.45) is 0 Å². The van der Waals surface area contributed by atoms with Crippen LogP contribution in [0.4, 0.5) is 5.69 Å². The fourth-order valence-corrected chi connectivity index (χ4v) is 3.27. The van der Waals surface area contributed by atoms with Crippen molar-refractivity contribution < 1.29 is 23.4 Å². The van der Waals surface area contributed by atoms with E-state index in [0.717, 1.165) is 12.1 Å².